The molecule has 34 heavy (non-hydrogen) atoms. The lowest BCUT2D eigenvalue weighted by atomic mass is 10.0. The first-order valence-electron chi connectivity index (χ1n) is 10.7. The van der Waals surface area contributed by atoms with Crippen LogP contribution < -0.4 is 10.2 Å². The minimum absolute atomic E-state index is 0.146. The molecule has 0 radical (unpaired) electrons. The maximum atomic E-state index is 13.1. The number of carbonyl (C=O) groups excluding carboxylic acids is 1. The molecule has 4 rings (SSSR count). The number of ether oxygens (including phenoxy) is 2. The highest BCUT2D eigenvalue weighted by Crippen LogP contribution is 2.32. The second-order valence-corrected chi connectivity index (χ2v) is 7.76. The number of rotatable bonds is 6. The average Bonchev–Trinajstić information content (AvgIpc) is 2.83. The zero-order valence-corrected chi connectivity index (χ0v) is 18.4. The molecular weight excluding hydrogens is 449 g/mol. The van der Waals surface area contributed by atoms with Gasteiger partial charge in [-0.1, -0.05) is 30.3 Å². The number of nitrogens with zero attached hydrogens (tertiary/aromatic N) is 3. The summed E-state index contributed by atoms with van der Waals surface area (Å²) in [6, 6.07) is 16.1. The number of anilines is 3. The summed E-state index contributed by atoms with van der Waals surface area (Å²) in [6.45, 7) is 3.03. The molecule has 0 amide bonds. The van der Waals surface area contributed by atoms with Gasteiger partial charge in [0.05, 0.1) is 6.61 Å². The number of hydrogen-bond donors (Lipinski definition) is 1. The third-order valence-electron chi connectivity index (χ3n) is 5.20. The fourth-order valence-electron chi connectivity index (χ4n) is 3.63. The highest BCUT2D eigenvalue weighted by Gasteiger charge is 2.32. The Labute approximate surface area is 194 Å². The third kappa shape index (κ3) is 6.02. The van der Waals surface area contributed by atoms with Crippen LogP contribution in [0, 0.1) is 0 Å². The Kier molecular flexibility index (Phi) is 6.97. The Bertz CT molecular complexity index is 1140. The number of carbonyl (C=O) groups is 1. The Morgan fingerprint density at radius 2 is 1.97 bits per heavy atom. The summed E-state index contributed by atoms with van der Waals surface area (Å²) in [4.78, 5) is 20.8. The molecule has 2 aromatic carbocycles. The maximum absolute atomic E-state index is 13.1. The molecule has 0 bridgehead atoms. The number of aromatic nitrogens is 2. The predicted molar refractivity (Wildman–Crippen MR) is 121 cm³/mol. The van der Waals surface area contributed by atoms with Crippen molar-refractivity contribution in [3.8, 4) is 11.1 Å². The fraction of sp³-hybridized carbons (Fsp3) is 0.292. The van der Waals surface area contributed by atoms with Crippen molar-refractivity contribution in [3.63, 3.8) is 0 Å². The Morgan fingerprint density at radius 1 is 1.18 bits per heavy atom. The SMILES string of the molecule is CC(=O)OCC1CN(c2cc(Nc3nccc(C(F)(F)F)n3)cc(-c3ccccc3)c2)CCO1. The minimum atomic E-state index is -4.57. The summed E-state index contributed by atoms with van der Waals surface area (Å²) in [5, 5.41) is 2.91. The van der Waals surface area contributed by atoms with Crippen LogP contribution in [0.5, 0.6) is 0 Å². The van der Waals surface area contributed by atoms with Gasteiger partial charge < -0.3 is 19.7 Å². The fourth-order valence-corrected chi connectivity index (χ4v) is 3.63. The van der Waals surface area contributed by atoms with E-state index in [0.717, 1.165) is 29.1 Å². The van der Waals surface area contributed by atoms with E-state index in [4.69, 9.17) is 9.47 Å². The van der Waals surface area contributed by atoms with E-state index in [1.807, 2.05) is 48.5 Å². The standard InChI is InChI=1S/C24H23F3N4O3/c1-16(32)34-15-21-14-31(9-10-33-21)20-12-18(17-5-3-2-4-6-17)11-19(13-20)29-23-28-8-7-22(30-23)24(25,26)27/h2-8,11-13,21H,9-10,14-15H2,1H3,(H,28,29,30). The third-order valence-corrected chi connectivity index (χ3v) is 5.20. The molecule has 1 fully saturated rings. The van der Waals surface area contributed by atoms with Crippen LogP contribution in [0.2, 0.25) is 0 Å². The van der Waals surface area contributed by atoms with Crippen LogP contribution in [0.1, 0.15) is 12.6 Å². The van der Waals surface area contributed by atoms with E-state index in [1.165, 1.54) is 6.92 Å². The molecule has 1 saturated heterocycles. The maximum Gasteiger partial charge on any atom is 0.433 e. The molecule has 0 spiro atoms. The second-order valence-electron chi connectivity index (χ2n) is 7.76. The van der Waals surface area contributed by atoms with Gasteiger partial charge in [-0.25, -0.2) is 9.97 Å². The highest BCUT2D eigenvalue weighted by atomic mass is 19.4. The van der Waals surface area contributed by atoms with Crippen molar-refractivity contribution >= 4 is 23.3 Å². The van der Waals surface area contributed by atoms with E-state index in [1.54, 1.807) is 0 Å². The lowest BCUT2D eigenvalue weighted by molar-refractivity contribution is -0.145. The zero-order chi connectivity index (χ0) is 24.1. The molecule has 0 aliphatic carbocycles. The van der Waals surface area contributed by atoms with Gasteiger partial charge in [-0.2, -0.15) is 13.2 Å². The molecular formula is C24H23F3N4O3. The Hall–Kier alpha value is -3.66. The van der Waals surface area contributed by atoms with Crippen molar-refractivity contribution in [2.45, 2.75) is 19.2 Å². The smallest absolute Gasteiger partial charge is 0.433 e. The van der Waals surface area contributed by atoms with Crippen LogP contribution in [0.25, 0.3) is 11.1 Å². The summed E-state index contributed by atoms with van der Waals surface area (Å²) in [5.41, 5.74) is 2.18. The highest BCUT2D eigenvalue weighted by molar-refractivity contribution is 5.76. The van der Waals surface area contributed by atoms with Crippen LogP contribution in [-0.2, 0) is 20.4 Å². The molecule has 1 aliphatic heterocycles. The minimum Gasteiger partial charge on any atom is -0.463 e. The first-order valence-corrected chi connectivity index (χ1v) is 10.7. The van der Waals surface area contributed by atoms with Gasteiger partial charge in [0, 0.05) is 37.6 Å². The van der Waals surface area contributed by atoms with Gasteiger partial charge >= 0.3 is 12.1 Å². The number of benzene rings is 2. The number of morpholine rings is 1. The summed E-state index contributed by atoms with van der Waals surface area (Å²) >= 11 is 0. The lowest BCUT2D eigenvalue weighted by Gasteiger charge is -2.34. The summed E-state index contributed by atoms with van der Waals surface area (Å²) in [5.74, 6) is -0.528. The van der Waals surface area contributed by atoms with Crippen LogP contribution >= 0.6 is 0 Å². The molecule has 0 saturated carbocycles. The largest absolute Gasteiger partial charge is 0.463 e. The summed E-state index contributed by atoms with van der Waals surface area (Å²) in [6.07, 6.45) is -3.79. The molecule has 1 unspecified atom stereocenters. The Morgan fingerprint density at radius 3 is 2.71 bits per heavy atom. The molecule has 2 heterocycles. The van der Waals surface area contributed by atoms with Crippen molar-refractivity contribution < 1.29 is 27.4 Å². The lowest BCUT2D eigenvalue weighted by Crippen LogP contribution is -2.44. The Balaban J connectivity index is 1.65. The monoisotopic (exact) mass is 472 g/mol. The summed E-state index contributed by atoms with van der Waals surface area (Å²) in [7, 11) is 0. The van der Waals surface area contributed by atoms with E-state index in [0.29, 0.717) is 25.4 Å². The normalized spacial score (nSPS) is 16.2. The van der Waals surface area contributed by atoms with Gasteiger partial charge in [-0.15, -0.1) is 0 Å². The van der Waals surface area contributed by atoms with E-state index < -0.39 is 11.9 Å². The predicted octanol–water partition coefficient (Wildman–Crippen LogP) is 4.67. The van der Waals surface area contributed by atoms with Gasteiger partial charge in [0.15, 0.2) is 0 Å². The molecule has 10 heteroatoms. The molecule has 1 aromatic heterocycles. The van der Waals surface area contributed by atoms with Crippen molar-refractivity contribution in [1.29, 1.82) is 0 Å². The van der Waals surface area contributed by atoms with Gasteiger partial charge in [0.25, 0.3) is 0 Å². The first kappa shape index (κ1) is 23.5. The molecule has 1 N–H and O–H groups in total. The molecule has 3 aromatic rings. The quantitative estimate of drug-likeness (QED) is 0.523. The van der Waals surface area contributed by atoms with Crippen molar-refractivity contribution in [3.05, 3.63) is 66.5 Å². The van der Waals surface area contributed by atoms with Crippen molar-refractivity contribution in [1.82, 2.24) is 9.97 Å². The molecule has 7 nitrogen and oxygen atoms in total. The topological polar surface area (TPSA) is 76.6 Å². The first-order chi connectivity index (χ1) is 16.3. The zero-order valence-electron chi connectivity index (χ0n) is 18.4. The summed E-state index contributed by atoms with van der Waals surface area (Å²) < 4.78 is 50.0. The molecule has 1 aliphatic rings. The van der Waals surface area contributed by atoms with Crippen molar-refractivity contribution in [2.24, 2.45) is 0 Å². The van der Waals surface area contributed by atoms with E-state index >= 15 is 0 Å². The van der Waals surface area contributed by atoms with E-state index in [9.17, 15) is 18.0 Å². The van der Waals surface area contributed by atoms with Crippen LogP contribution in [0.15, 0.2) is 60.8 Å². The average molecular weight is 472 g/mol. The number of nitrogens with one attached hydrogen (secondary N) is 1. The van der Waals surface area contributed by atoms with Crippen LogP contribution in [0.3, 0.4) is 0 Å². The number of halogens is 3. The number of esters is 1. The van der Waals surface area contributed by atoms with Crippen LogP contribution in [-0.4, -0.2) is 48.3 Å². The van der Waals surface area contributed by atoms with E-state index in [2.05, 4.69) is 20.2 Å². The number of alkyl halides is 3. The van der Waals surface area contributed by atoms with Gasteiger partial charge in [-0.3, -0.25) is 4.79 Å². The van der Waals surface area contributed by atoms with Gasteiger partial charge in [0.2, 0.25) is 5.95 Å². The molecule has 178 valence electrons. The number of hydrogen-bond acceptors (Lipinski definition) is 7. The van der Waals surface area contributed by atoms with Crippen molar-refractivity contribution in [2.75, 3.05) is 36.5 Å². The van der Waals surface area contributed by atoms with E-state index in [-0.39, 0.29) is 24.6 Å². The second kappa shape index (κ2) is 10.1. The van der Waals surface area contributed by atoms with Gasteiger partial charge in [0.1, 0.15) is 18.4 Å². The van der Waals surface area contributed by atoms with Crippen LogP contribution in [0.4, 0.5) is 30.5 Å². The van der Waals surface area contributed by atoms with Gasteiger partial charge in [-0.05, 0) is 35.4 Å². The molecule has 1 atom stereocenters.